The molecule has 6 nitrogen and oxygen atoms in total. The van der Waals surface area contributed by atoms with Gasteiger partial charge in [-0.3, -0.25) is 10.1 Å². The van der Waals surface area contributed by atoms with E-state index < -0.39 is 53.7 Å². The molecule has 13 heteroatoms. The maximum Gasteiger partial charge on any atom is 0.405 e. The summed E-state index contributed by atoms with van der Waals surface area (Å²) in [7, 11) is 0. The van der Waals surface area contributed by atoms with Gasteiger partial charge in [0.2, 0.25) is 5.91 Å². The summed E-state index contributed by atoms with van der Waals surface area (Å²) in [6.45, 7) is 1.41. The highest BCUT2D eigenvalue weighted by Gasteiger charge is 2.49. The molecule has 32 heavy (non-hydrogen) atoms. The maximum atomic E-state index is 14.0. The number of alkyl halides is 7. The normalized spacial score (nSPS) is 41.4. The summed E-state index contributed by atoms with van der Waals surface area (Å²) in [6, 6.07) is -2.22. The van der Waals surface area contributed by atoms with E-state index in [1.54, 1.807) is 0 Å². The zero-order valence-electron chi connectivity index (χ0n) is 17.4. The van der Waals surface area contributed by atoms with Crippen LogP contribution in [0.25, 0.3) is 0 Å². The van der Waals surface area contributed by atoms with Crippen molar-refractivity contribution in [1.82, 2.24) is 21.5 Å². The van der Waals surface area contributed by atoms with Crippen LogP contribution in [0.1, 0.15) is 45.4 Å². The molecule has 0 bridgehead atoms. The fourth-order valence-electron chi connectivity index (χ4n) is 4.46. The predicted molar refractivity (Wildman–Crippen MR) is 117 cm³/mol. The Hall–Kier alpha value is -0.550. The number of carbonyl (C=O) groups is 1. The molecule has 9 unspecified atom stereocenters. The van der Waals surface area contributed by atoms with E-state index in [1.807, 2.05) is 0 Å². The van der Waals surface area contributed by atoms with Gasteiger partial charge in [-0.2, -0.15) is 13.2 Å². The van der Waals surface area contributed by atoms with Gasteiger partial charge in [0.15, 0.2) is 5.96 Å². The quantitative estimate of drug-likeness (QED) is 0.197. The molecule has 2 saturated carbocycles. The number of halogens is 7. The highest BCUT2D eigenvalue weighted by molar-refractivity contribution is 6.25. The Kier molecular flexibility index (Phi) is 8.80. The van der Waals surface area contributed by atoms with Crippen LogP contribution in [-0.2, 0) is 4.79 Å². The third-order valence-electron chi connectivity index (χ3n) is 6.25. The summed E-state index contributed by atoms with van der Waals surface area (Å²) >= 11 is 18.6. The first-order valence-corrected chi connectivity index (χ1v) is 12.0. The van der Waals surface area contributed by atoms with Crippen LogP contribution in [0.5, 0.6) is 0 Å². The first kappa shape index (κ1) is 26.1. The Balaban J connectivity index is 1.75. The molecule has 1 heterocycles. The van der Waals surface area contributed by atoms with Crippen LogP contribution in [0.15, 0.2) is 4.99 Å². The Morgan fingerprint density at radius 3 is 2.34 bits per heavy atom. The van der Waals surface area contributed by atoms with Crippen molar-refractivity contribution >= 4 is 46.7 Å². The topological polar surface area (TPSA) is 77.5 Å². The second-order valence-corrected chi connectivity index (χ2v) is 10.6. The Morgan fingerprint density at radius 2 is 1.75 bits per heavy atom. The van der Waals surface area contributed by atoms with Gasteiger partial charge in [-0.25, -0.2) is 20.2 Å². The molecular weight excluding hydrogens is 497 g/mol. The van der Waals surface area contributed by atoms with Crippen molar-refractivity contribution in [1.29, 1.82) is 0 Å². The van der Waals surface area contributed by atoms with Crippen LogP contribution >= 0.6 is 34.8 Å². The second-order valence-electron chi connectivity index (χ2n) is 8.85. The number of rotatable bonds is 3. The fourth-order valence-corrected chi connectivity index (χ4v) is 5.74. The smallest absolute Gasteiger partial charge is 0.353 e. The lowest BCUT2D eigenvalue weighted by molar-refractivity contribution is -0.160. The Labute approximate surface area is 199 Å². The van der Waals surface area contributed by atoms with E-state index in [1.165, 1.54) is 6.92 Å². The van der Waals surface area contributed by atoms with E-state index in [2.05, 4.69) is 26.5 Å². The molecule has 0 aromatic heterocycles. The summed E-state index contributed by atoms with van der Waals surface area (Å²) < 4.78 is 53.6. The molecule has 1 aliphatic heterocycles. The third-order valence-corrected chi connectivity index (χ3v) is 7.49. The summed E-state index contributed by atoms with van der Waals surface area (Å²) in [5, 5.41) is 4.69. The van der Waals surface area contributed by atoms with Gasteiger partial charge >= 0.3 is 6.18 Å². The van der Waals surface area contributed by atoms with Crippen molar-refractivity contribution in [3.63, 3.8) is 0 Å². The highest BCUT2D eigenvalue weighted by Crippen LogP contribution is 2.33. The van der Waals surface area contributed by atoms with Gasteiger partial charge in [0.25, 0.3) is 0 Å². The molecular formula is C19H28Cl3F4N5O. The standard InChI is InChI=1S/C19H28Cl3F4N5O/c1-8-15(19(24,25)26)30-31-16(8)28-18(27-12-5-10(21)4-11(23)7-12)29-17(32)13-3-2-9(20)6-14(13)22/h8-16,30-31H,2-7H2,1H3,(H2,27,28,29,32). The SMILES string of the molecule is CC1C(/N=C(/NC(=O)C2CCC(Cl)CC2Cl)NC2CC(F)CC(Cl)C2)NNC1C(F)(F)F. The molecule has 2 aliphatic carbocycles. The number of amides is 1. The monoisotopic (exact) mass is 523 g/mol. The number of hydrogen-bond donors (Lipinski definition) is 4. The first-order chi connectivity index (χ1) is 14.9. The van der Waals surface area contributed by atoms with E-state index in [9.17, 15) is 22.4 Å². The average Bonchev–Trinajstić information content (AvgIpc) is 3.01. The second kappa shape index (κ2) is 10.8. The maximum absolute atomic E-state index is 14.0. The number of nitrogens with zero attached hydrogens (tertiary/aromatic N) is 1. The molecule has 1 amide bonds. The Morgan fingerprint density at radius 1 is 1.03 bits per heavy atom. The van der Waals surface area contributed by atoms with Gasteiger partial charge in [-0.05, 0) is 38.5 Å². The lowest BCUT2D eigenvalue weighted by Gasteiger charge is -2.32. The third kappa shape index (κ3) is 6.74. The van der Waals surface area contributed by atoms with E-state index >= 15 is 0 Å². The van der Waals surface area contributed by atoms with Crippen LogP contribution in [0.3, 0.4) is 0 Å². The van der Waals surface area contributed by atoms with Gasteiger partial charge in [-0.1, -0.05) is 6.92 Å². The van der Waals surface area contributed by atoms with E-state index in [-0.39, 0.29) is 29.6 Å². The van der Waals surface area contributed by atoms with Gasteiger partial charge in [0.05, 0.1) is 5.92 Å². The van der Waals surface area contributed by atoms with Gasteiger partial charge in [0.1, 0.15) is 18.4 Å². The number of nitrogens with one attached hydrogen (secondary N) is 4. The van der Waals surface area contributed by atoms with Gasteiger partial charge < -0.3 is 5.32 Å². The van der Waals surface area contributed by atoms with Crippen molar-refractivity contribution in [2.24, 2.45) is 16.8 Å². The largest absolute Gasteiger partial charge is 0.405 e. The summed E-state index contributed by atoms with van der Waals surface area (Å²) in [4.78, 5) is 17.2. The molecule has 0 radical (unpaired) electrons. The highest BCUT2D eigenvalue weighted by atomic mass is 35.5. The Bertz CT molecular complexity index is 690. The molecule has 9 atom stereocenters. The van der Waals surface area contributed by atoms with Gasteiger partial charge in [-0.15, -0.1) is 34.8 Å². The number of hydrazine groups is 1. The van der Waals surface area contributed by atoms with Crippen molar-refractivity contribution in [3.8, 4) is 0 Å². The molecule has 3 rings (SSSR count). The van der Waals surface area contributed by atoms with E-state index in [4.69, 9.17) is 34.8 Å². The van der Waals surface area contributed by atoms with Crippen LogP contribution < -0.4 is 21.5 Å². The minimum atomic E-state index is -4.46. The summed E-state index contributed by atoms with van der Waals surface area (Å²) in [6.07, 6.45) is -4.15. The number of hydrogen-bond acceptors (Lipinski definition) is 4. The number of guanidine groups is 1. The summed E-state index contributed by atoms with van der Waals surface area (Å²) in [5.74, 6) is -1.89. The molecule has 184 valence electrons. The number of carbonyl (C=O) groups excluding carboxylic acids is 1. The average molecular weight is 525 g/mol. The van der Waals surface area contributed by atoms with Gasteiger partial charge in [0, 0.05) is 28.1 Å². The lowest BCUT2D eigenvalue weighted by atomic mass is 9.88. The zero-order valence-corrected chi connectivity index (χ0v) is 19.7. The van der Waals surface area contributed by atoms with E-state index in [0.29, 0.717) is 25.7 Å². The minimum Gasteiger partial charge on any atom is -0.353 e. The van der Waals surface area contributed by atoms with E-state index in [0.717, 1.165) is 0 Å². The molecule has 3 fully saturated rings. The van der Waals surface area contributed by atoms with Crippen LogP contribution in [0, 0.1) is 11.8 Å². The van der Waals surface area contributed by atoms with Crippen molar-refractivity contribution in [2.75, 3.05) is 0 Å². The predicted octanol–water partition coefficient (Wildman–Crippen LogP) is 3.56. The fraction of sp³-hybridized carbons (Fsp3) is 0.895. The number of aliphatic imine (C=N–C) groups is 1. The van der Waals surface area contributed by atoms with Crippen molar-refractivity contribution < 1.29 is 22.4 Å². The van der Waals surface area contributed by atoms with Crippen LogP contribution in [0.2, 0.25) is 0 Å². The molecule has 0 aromatic rings. The minimum absolute atomic E-state index is 0.0243. The summed E-state index contributed by atoms with van der Waals surface area (Å²) in [5.41, 5.74) is 4.73. The molecule has 3 aliphatic rings. The molecule has 1 saturated heterocycles. The van der Waals surface area contributed by atoms with Crippen molar-refractivity contribution in [2.45, 2.75) is 92.2 Å². The zero-order chi connectivity index (χ0) is 23.6. The lowest BCUT2D eigenvalue weighted by Crippen LogP contribution is -2.52. The van der Waals surface area contributed by atoms with Crippen LogP contribution in [0.4, 0.5) is 17.6 Å². The first-order valence-electron chi connectivity index (χ1n) is 10.7. The van der Waals surface area contributed by atoms with Crippen LogP contribution in [-0.4, -0.2) is 58.6 Å². The van der Waals surface area contributed by atoms with Crippen molar-refractivity contribution in [3.05, 3.63) is 0 Å². The molecule has 0 spiro atoms. The molecule has 0 aromatic carbocycles. The molecule has 4 N–H and O–H groups in total.